The van der Waals surface area contributed by atoms with Crippen LogP contribution in [0.4, 0.5) is 0 Å². The van der Waals surface area contributed by atoms with Gasteiger partial charge in [-0.25, -0.2) is 9.13 Å². The molecule has 0 aromatic carbocycles. The van der Waals surface area contributed by atoms with Crippen LogP contribution in [0.3, 0.4) is 0 Å². The van der Waals surface area contributed by atoms with Gasteiger partial charge in [0, 0.05) is 13.2 Å². The van der Waals surface area contributed by atoms with E-state index in [9.17, 15) is 9.13 Å². The highest BCUT2D eigenvalue weighted by Crippen LogP contribution is 2.53. The van der Waals surface area contributed by atoms with E-state index in [0.29, 0.717) is 0 Å². The Morgan fingerprint density at radius 1 is 0.750 bits per heavy atom. The van der Waals surface area contributed by atoms with Crippen molar-refractivity contribution in [3.05, 3.63) is 0 Å². The molecule has 0 aromatic rings. The van der Waals surface area contributed by atoms with Crippen LogP contribution in [0.2, 0.25) is 0 Å². The van der Waals surface area contributed by atoms with Crippen LogP contribution in [-0.4, -0.2) is 32.8 Å². The fraction of sp³-hybridized carbons (Fsp3) is 1.00. The molecule has 0 spiro atoms. The summed E-state index contributed by atoms with van der Waals surface area (Å²) in [4.78, 5) is 31.0. The molecule has 0 aliphatic rings. The lowest BCUT2D eigenvalue weighted by Gasteiger charge is -2.03. The molecule has 0 saturated heterocycles. The molecule has 0 aliphatic heterocycles. The van der Waals surface area contributed by atoms with Gasteiger partial charge in [-0.3, -0.25) is 0 Å². The second-order valence-electron chi connectivity index (χ2n) is 4.09. The van der Waals surface area contributed by atoms with Crippen LogP contribution in [0, 0.1) is 0 Å². The Morgan fingerprint density at radius 2 is 1.10 bits per heavy atom. The Hall–Kier alpha value is 0.220. The van der Waals surface area contributed by atoms with Crippen LogP contribution in [0.1, 0.15) is 52.4 Å². The van der Waals surface area contributed by atoms with Crippen molar-refractivity contribution < 1.29 is 37.8 Å². The minimum atomic E-state index is -5.05. The fourth-order valence-electron chi connectivity index (χ4n) is 1.15. The van der Waals surface area contributed by atoms with Gasteiger partial charge < -0.3 is 24.3 Å². The second-order valence-corrected chi connectivity index (χ2v) is 6.70. The largest absolute Gasteiger partial charge is 0.478 e. The average molecular weight is 336 g/mol. The molecule has 8 nitrogen and oxygen atoms in total. The van der Waals surface area contributed by atoms with Crippen LogP contribution in [-0.2, 0) is 18.2 Å². The van der Waals surface area contributed by atoms with Crippen molar-refractivity contribution in [2.24, 2.45) is 0 Å². The molecule has 0 unspecified atom stereocenters. The average Bonchev–Trinajstić information content (AvgIpc) is 2.24. The number of hydrogen-bond acceptors (Lipinski definition) is 4. The summed E-state index contributed by atoms with van der Waals surface area (Å²) in [7, 11) is -10.1. The molecule has 0 bridgehead atoms. The molecule has 4 N–H and O–H groups in total. The second kappa shape index (κ2) is 12.9. The third-order valence-corrected chi connectivity index (χ3v) is 3.70. The van der Waals surface area contributed by atoms with E-state index in [0.717, 1.165) is 13.2 Å². The SMILES string of the molecule is CCCCCOCCCCC.O=P(O)(O)OP(=O)(O)O. The maximum absolute atomic E-state index is 9.63. The van der Waals surface area contributed by atoms with Crippen LogP contribution in [0.25, 0.3) is 0 Å². The topological polar surface area (TPSA) is 134 Å². The van der Waals surface area contributed by atoms with E-state index in [4.69, 9.17) is 24.3 Å². The van der Waals surface area contributed by atoms with Crippen LogP contribution < -0.4 is 0 Å². The molecule has 20 heavy (non-hydrogen) atoms. The van der Waals surface area contributed by atoms with E-state index in [1.165, 1.54) is 38.5 Å². The molecule has 0 aliphatic carbocycles. The Kier molecular flexibility index (Phi) is 14.5. The molecular weight excluding hydrogens is 310 g/mol. The van der Waals surface area contributed by atoms with E-state index in [2.05, 4.69) is 18.2 Å². The zero-order chi connectivity index (χ0) is 16.1. The van der Waals surface area contributed by atoms with Gasteiger partial charge >= 0.3 is 15.6 Å². The van der Waals surface area contributed by atoms with Gasteiger partial charge in [0.1, 0.15) is 0 Å². The van der Waals surface area contributed by atoms with E-state index in [1.807, 2.05) is 0 Å². The highest BCUT2D eigenvalue weighted by molar-refractivity contribution is 7.60. The lowest BCUT2D eigenvalue weighted by molar-refractivity contribution is 0.126. The predicted octanol–water partition coefficient (Wildman–Crippen LogP) is 2.57. The standard InChI is InChI=1S/C10H22O.H4O7P2/c1-3-5-7-9-11-10-8-6-4-2;1-8(2,3)7-9(4,5)6/h3-10H2,1-2H3;(H2,1,2,3)(H2,4,5,6). The van der Waals surface area contributed by atoms with Gasteiger partial charge in [-0.2, -0.15) is 4.31 Å². The van der Waals surface area contributed by atoms with Crippen molar-refractivity contribution in [3.8, 4) is 0 Å². The number of hydrogen-bond donors (Lipinski definition) is 4. The Morgan fingerprint density at radius 3 is 1.30 bits per heavy atom. The molecular formula is C10H26O8P2. The molecule has 0 radical (unpaired) electrons. The smallest absolute Gasteiger partial charge is 0.381 e. The van der Waals surface area contributed by atoms with Gasteiger partial charge in [-0.05, 0) is 12.8 Å². The zero-order valence-corrected chi connectivity index (χ0v) is 13.8. The van der Waals surface area contributed by atoms with Crippen molar-refractivity contribution >= 4 is 15.6 Å². The third-order valence-electron chi connectivity index (χ3n) is 2.00. The summed E-state index contributed by atoms with van der Waals surface area (Å²) in [6.45, 7) is 6.38. The van der Waals surface area contributed by atoms with Crippen molar-refractivity contribution in [1.29, 1.82) is 0 Å². The molecule has 0 heterocycles. The quantitative estimate of drug-likeness (QED) is 0.353. The van der Waals surface area contributed by atoms with E-state index < -0.39 is 15.6 Å². The first kappa shape index (κ1) is 22.5. The first-order valence-corrected chi connectivity index (χ1v) is 9.58. The van der Waals surface area contributed by atoms with Crippen LogP contribution >= 0.6 is 15.6 Å². The molecule has 0 saturated carbocycles. The van der Waals surface area contributed by atoms with Gasteiger partial charge in [0.25, 0.3) is 0 Å². The molecule has 0 fully saturated rings. The summed E-state index contributed by atoms with van der Waals surface area (Å²) in [5.41, 5.74) is 0. The van der Waals surface area contributed by atoms with Gasteiger partial charge in [-0.15, -0.1) is 0 Å². The van der Waals surface area contributed by atoms with E-state index >= 15 is 0 Å². The van der Waals surface area contributed by atoms with Crippen molar-refractivity contribution in [3.63, 3.8) is 0 Å². The minimum absolute atomic E-state index is 0.970. The molecule has 10 heteroatoms. The molecule has 0 amide bonds. The van der Waals surface area contributed by atoms with Crippen molar-refractivity contribution in [2.45, 2.75) is 52.4 Å². The lowest BCUT2D eigenvalue weighted by atomic mass is 10.2. The van der Waals surface area contributed by atoms with E-state index in [1.54, 1.807) is 0 Å². The highest BCUT2D eigenvalue weighted by Gasteiger charge is 2.27. The van der Waals surface area contributed by atoms with Crippen LogP contribution in [0.15, 0.2) is 0 Å². The summed E-state index contributed by atoms with van der Waals surface area (Å²) in [6.07, 6.45) is 7.68. The Labute approximate surface area is 120 Å². The highest BCUT2D eigenvalue weighted by atomic mass is 31.3. The Bertz CT molecular complexity index is 270. The summed E-state index contributed by atoms with van der Waals surface area (Å²) in [5.74, 6) is 0. The van der Waals surface area contributed by atoms with Gasteiger partial charge in [-0.1, -0.05) is 39.5 Å². The molecule has 124 valence electrons. The maximum Gasteiger partial charge on any atom is 0.478 e. The Balaban J connectivity index is 0. The van der Waals surface area contributed by atoms with Gasteiger partial charge in [0.15, 0.2) is 0 Å². The van der Waals surface area contributed by atoms with Crippen molar-refractivity contribution in [1.82, 2.24) is 0 Å². The van der Waals surface area contributed by atoms with Crippen molar-refractivity contribution in [2.75, 3.05) is 13.2 Å². The van der Waals surface area contributed by atoms with E-state index in [-0.39, 0.29) is 0 Å². The number of ether oxygens (including phenoxy) is 1. The summed E-state index contributed by atoms with van der Waals surface area (Å²) >= 11 is 0. The minimum Gasteiger partial charge on any atom is -0.381 e. The number of unbranched alkanes of at least 4 members (excludes halogenated alkanes) is 4. The molecule has 0 atom stereocenters. The van der Waals surface area contributed by atoms with Crippen LogP contribution in [0.5, 0.6) is 0 Å². The third kappa shape index (κ3) is 26.7. The zero-order valence-electron chi connectivity index (χ0n) is 12.0. The summed E-state index contributed by atoms with van der Waals surface area (Å²) in [6, 6.07) is 0. The summed E-state index contributed by atoms with van der Waals surface area (Å²) in [5, 5.41) is 0. The maximum atomic E-state index is 9.63. The molecule has 0 rings (SSSR count). The van der Waals surface area contributed by atoms with Gasteiger partial charge in [0.05, 0.1) is 0 Å². The fourth-order valence-corrected chi connectivity index (χ4v) is 2.26. The predicted molar refractivity (Wildman–Crippen MR) is 75.0 cm³/mol. The monoisotopic (exact) mass is 336 g/mol. The van der Waals surface area contributed by atoms with Gasteiger partial charge in [0.2, 0.25) is 0 Å². The lowest BCUT2D eigenvalue weighted by Crippen LogP contribution is -1.96. The first-order chi connectivity index (χ1) is 9.12. The first-order valence-electron chi connectivity index (χ1n) is 6.52. The number of phosphoric acid groups is 2. The molecule has 0 aromatic heterocycles. The summed E-state index contributed by atoms with van der Waals surface area (Å²) < 4.78 is 27.6. The normalized spacial score (nSPS) is 11.9. The number of rotatable bonds is 10.